The van der Waals surface area contributed by atoms with Crippen molar-refractivity contribution in [2.45, 2.75) is 20.8 Å². The number of fused-ring (bicyclic) bond motifs is 1. The van der Waals surface area contributed by atoms with Crippen LogP contribution in [0.3, 0.4) is 0 Å². The maximum Gasteiger partial charge on any atom is 0.343 e. The highest BCUT2D eigenvalue weighted by Gasteiger charge is 2.19. The fourth-order valence-corrected chi connectivity index (χ4v) is 1.72. The first-order valence-electron chi connectivity index (χ1n) is 5.31. The van der Waals surface area contributed by atoms with Gasteiger partial charge in [-0.1, -0.05) is 0 Å². The molecule has 6 heteroatoms. The second-order valence-corrected chi connectivity index (χ2v) is 3.73. The third-order valence-corrected chi connectivity index (χ3v) is 2.40. The summed E-state index contributed by atoms with van der Waals surface area (Å²) >= 11 is 0. The average molecular weight is 235 g/mol. The van der Waals surface area contributed by atoms with Gasteiger partial charge >= 0.3 is 5.97 Å². The van der Waals surface area contributed by atoms with Crippen LogP contribution in [0.25, 0.3) is 5.65 Å². The van der Waals surface area contributed by atoms with Gasteiger partial charge in [-0.15, -0.1) is 0 Å². The number of aryl methyl sites for hydroxylation is 2. The molecule has 1 N–H and O–H groups in total. The van der Waals surface area contributed by atoms with Crippen molar-refractivity contribution < 1.29 is 9.53 Å². The molecule has 90 valence electrons. The van der Waals surface area contributed by atoms with Crippen molar-refractivity contribution in [1.29, 1.82) is 0 Å². The van der Waals surface area contributed by atoms with Crippen LogP contribution in [0.1, 0.15) is 28.7 Å². The van der Waals surface area contributed by atoms with E-state index in [0.717, 1.165) is 0 Å². The number of rotatable bonds is 2. The SMILES string of the molecule is CCOC(=O)c1c(C)nn2c(=O)cc(C)[nH]c12. The van der Waals surface area contributed by atoms with Crippen molar-refractivity contribution in [3.8, 4) is 0 Å². The first kappa shape index (κ1) is 11.4. The maximum atomic E-state index is 11.8. The van der Waals surface area contributed by atoms with Crippen molar-refractivity contribution in [2.75, 3.05) is 6.61 Å². The summed E-state index contributed by atoms with van der Waals surface area (Å²) in [7, 11) is 0. The van der Waals surface area contributed by atoms with Crippen molar-refractivity contribution in [3.63, 3.8) is 0 Å². The second kappa shape index (κ2) is 4.04. The summed E-state index contributed by atoms with van der Waals surface area (Å²) < 4.78 is 6.12. The number of H-pyrrole nitrogens is 1. The van der Waals surface area contributed by atoms with E-state index < -0.39 is 5.97 Å². The molecule has 0 aliphatic heterocycles. The van der Waals surface area contributed by atoms with E-state index in [1.807, 2.05) is 0 Å². The number of aromatic nitrogens is 3. The topological polar surface area (TPSA) is 76.5 Å². The molecule has 6 nitrogen and oxygen atoms in total. The lowest BCUT2D eigenvalue weighted by Crippen LogP contribution is -2.15. The number of hydrogen-bond acceptors (Lipinski definition) is 4. The first-order valence-corrected chi connectivity index (χ1v) is 5.31. The predicted molar refractivity (Wildman–Crippen MR) is 61.2 cm³/mol. The highest BCUT2D eigenvalue weighted by atomic mass is 16.5. The smallest absolute Gasteiger partial charge is 0.343 e. The van der Waals surface area contributed by atoms with Crippen molar-refractivity contribution in [3.05, 3.63) is 33.4 Å². The second-order valence-electron chi connectivity index (χ2n) is 3.73. The van der Waals surface area contributed by atoms with Crippen LogP contribution in [0.4, 0.5) is 0 Å². The molecular weight excluding hydrogens is 222 g/mol. The van der Waals surface area contributed by atoms with Crippen molar-refractivity contribution in [1.82, 2.24) is 14.6 Å². The molecule has 0 fully saturated rings. The Balaban J connectivity index is 2.75. The summed E-state index contributed by atoms with van der Waals surface area (Å²) in [5.74, 6) is -0.471. The summed E-state index contributed by atoms with van der Waals surface area (Å²) in [5, 5.41) is 4.03. The predicted octanol–water partition coefficient (Wildman–Crippen LogP) is 0.816. The van der Waals surface area contributed by atoms with E-state index in [0.29, 0.717) is 22.6 Å². The third kappa shape index (κ3) is 1.82. The van der Waals surface area contributed by atoms with Crippen molar-refractivity contribution in [2.24, 2.45) is 0 Å². The average Bonchev–Trinajstić information content (AvgIpc) is 2.55. The number of carbonyl (C=O) groups excluding carboxylic acids is 1. The van der Waals surface area contributed by atoms with Crippen LogP contribution >= 0.6 is 0 Å². The molecule has 2 aromatic rings. The van der Waals surface area contributed by atoms with Gasteiger partial charge in [-0.2, -0.15) is 9.61 Å². The molecule has 0 aromatic carbocycles. The number of nitrogens with zero attached hydrogens (tertiary/aromatic N) is 2. The van der Waals surface area contributed by atoms with Gasteiger partial charge in [0.1, 0.15) is 5.56 Å². The molecular formula is C11H13N3O3. The first-order chi connectivity index (χ1) is 8.04. The Kier molecular flexibility index (Phi) is 2.71. The zero-order chi connectivity index (χ0) is 12.6. The minimum absolute atomic E-state index is 0.269. The van der Waals surface area contributed by atoms with Crippen LogP contribution in [-0.4, -0.2) is 27.2 Å². The van der Waals surface area contributed by atoms with E-state index in [9.17, 15) is 9.59 Å². The number of esters is 1. The molecule has 2 heterocycles. The van der Waals surface area contributed by atoms with Crippen LogP contribution in [0.5, 0.6) is 0 Å². The normalized spacial score (nSPS) is 10.8. The summed E-state index contributed by atoms with van der Waals surface area (Å²) in [6.07, 6.45) is 0. The van der Waals surface area contributed by atoms with Gasteiger partial charge in [0, 0.05) is 11.8 Å². The number of nitrogens with one attached hydrogen (secondary N) is 1. The molecule has 0 radical (unpaired) electrons. The summed E-state index contributed by atoms with van der Waals surface area (Å²) in [4.78, 5) is 26.4. The molecule has 0 unspecified atom stereocenters. The molecule has 0 aliphatic carbocycles. The van der Waals surface area contributed by atoms with Crippen LogP contribution in [0.15, 0.2) is 10.9 Å². The third-order valence-electron chi connectivity index (χ3n) is 2.40. The Morgan fingerprint density at radius 1 is 1.53 bits per heavy atom. The largest absolute Gasteiger partial charge is 0.462 e. The van der Waals surface area contributed by atoms with Gasteiger partial charge in [0.25, 0.3) is 5.56 Å². The number of carbonyl (C=O) groups is 1. The highest BCUT2D eigenvalue weighted by Crippen LogP contribution is 2.13. The Hall–Kier alpha value is -2.11. The van der Waals surface area contributed by atoms with Gasteiger partial charge in [-0.25, -0.2) is 4.79 Å². The summed E-state index contributed by atoms with van der Waals surface area (Å²) in [6.45, 7) is 5.43. The Morgan fingerprint density at radius 3 is 2.88 bits per heavy atom. The monoisotopic (exact) mass is 235 g/mol. The van der Waals surface area contributed by atoms with E-state index >= 15 is 0 Å². The molecule has 0 saturated heterocycles. The molecule has 2 rings (SSSR count). The molecule has 0 aliphatic rings. The molecule has 17 heavy (non-hydrogen) atoms. The Labute approximate surface area is 97.2 Å². The van der Waals surface area contributed by atoms with E-state index in [1.165, 1.54) is 10.6 Å². The summed E-state index contributed by atoms with van der Waals surface area (Å²) in [5.41, 5.74) is 1.57. The zero-order valence-corrected chi connectivity index (χ0v) is 9.90. The van der Waals surface area contributed by atoms with Crippen molar-refractivity contribution >= 4 is 11.6 Å². The molecule has 0 spiro atoms. The van der Waals surface area contributed by atoms with Gasteiger partial charge in [0.05, 0.1) is 12.3 Å². The Morgan fingerprint density at radius 2 is 2.24 bits per heavy atom. The fraction of sp³-hybridized carbons (Fsp3) is 0.364. The van der Waals surface area contributed by atoms with E-state index in [2.05, 4.69) is 10.1 Å². The minimum atomic E-state index is -0.471. The van der Waals surface area contributed by atoms with Crippen LogP contribution in [0.2, 0.25) is 0 Å². The van der Waals surface area contributed by atoms with Gasteiger partial charge in [-0.3, -0.25) is 4.79 Å². The lowest BCUT2D eigenvalue weighted by Gasteiger charge is -2.01. The van der Waals surface area contributed by atoms with Gasteiger partial charge in [-0.05, 0) is 20.8 Å². The fourth-order valence-electron chi connectivity index (χ4n) is 1.72. The Bertz CT molecular complexity index is 639. The maximum absolute atomic E-state index is 11.8. The summed E-state index contributed by atoms with van der Waals surface area (Å²) in [6, 6.07) is 1.42. The lowest BCUT2D eigenvalue weighted by molar-refractivity contribution is 0.0527. The van der Waals surface area contributed by atoms with E-state index in [1.54, 1.807) is 20.8 Å². The number of ether oxygens (including phenoxy) is 1. The zero-order valence-electron chi connectivity index (χ0n) is 9.90. The quantitative estimate of drug-likeness (QED) is 0.782. The molecule has 0 saturated carbocycles. The van der Waals surface area contributed by atoms with Crippen LogP contribution in [-0.2, 0) is 4.74 Å². The molecule has 0 bridgehead atoms. The minimum Gasteiger partial charge on any atom is -0.462 e. The van der Waals surface area contributed by atoms with E-state index in [-0.39, 0.29) is 12.2 Å². The molecule has 0 atom stereocenters. The van der Waals surface area contributed by atoms with E-state index in [4.69, 9.17) is 4.74 Å². The molecule has 0 amide bonds. The van der Waals surface area contributed by atoms with Crippen LogP contribution in [0, 0.1) is 13.8 Å². The van der Waals surface area contributed by atoms with Crippen LogP contribution < -0.4 is 5.56 Å². The lowest BCUT2D eigenvalue weighted by atomic mass is 10.2. The number of aromatic amines is 1. The number of hydrogen-bond donors (Lipinski definition) is 1. The van der Waals surface area contributed by atoms with Gasteiger partial charge in [0.15, 0.2) is 5.65 Å². The van der Waals surface area contributed by atoms with Gasteiger partial charge in [0.2, 0.25) is 0 Å². The molecule has 2 aromatic heterocycles. The van der Waals surface area contributed by atoms with Gasteiger partial charge < -0.3 is 9.72 Å². The standard InChI is InChI=1S/C11H13N3O3/c1-4-17-11(16)9-7(3)13-14-8(15)5-6(2)12-10(9)14/h5,12H,4H2,1-3H3. The highest BCUT2D eigenvalue weighted by molar-refractivity contribution is 5.97.